The molecule has 1 fully saturated rings. The third-order valence-corrected chi connectivity index (χ3v) is 3.99. The molecule has 0 radical (unpaired) electrons. The van der Waals surface area contributed by atoms with Crippen LogP contribution in [0, 0.1) is 9.49 Å². The minimum Gasteiger partial charge on any atom is -0.338 e. The van der Waals surface area contributed by atoms with Crippen molar-refractivity contribution in [3.05, 3.63) is 33.4 Å². The van der Waals surface area contributed by atoms with Crippen LogP contribution < -0.4 is 0 Å². The number of hydrogen-bond donors (Lipinski definition) is 0. The standard InChI is InChI=1S/C13H16INO/c1-10-5-4-8-15(9-10)13(16)11-6-2-3-7-12(11)14/h2-3,6-7,10H,4-5,8-9H2,1H3/t10-/m1/s1. The number of rotatable bonds is 1. The smallest absolute Gasteiger partial charge is 0.254 e. The van der Waals surface area contributed by atoms with Gasteiger partial charge in [-0.15, -0.1) is 0 Å². The van der Waals surface area contributed by atoms with Gasteiger partial charge in [0.05, 0.1) is 5.56 Å². The van der Waals surface area contributed by atoms with E-state index in [1.54, 1.807) is 0 Å². The number of carbonyl (C=O) groups excluding carboxylic acids is 1. The molecule has 1 aromatic rings. The molecule has 2 rings (SSSR count). The summed E-state index contributed by atoms with van der Waals surface area (Å²) in [6, 6.07) is 7.81. The highest BCUT2D eigenvalue weighted by molar-refractivity contribution is 14.1. The van der Waals surface area contributed by atoms with Crippen LogP contribution in [0.25, 0.3) is 0 Å². The van der Waals surface area contributed by atoms with Gasteiger partial charge in [0.25, 0.3) is 5.91 Å². The van der Waals surface area contributed by atoms with Crippen LogP contribution in [0.4, 0.5) is 0 Å². The molecule has 2 nitrogen and oxygen atoms in total. The van der Waals surface area contributed by atoms with Crippen molar-refractivity contribution in [2.45, 2.75) is 19.8 Å². The number of likely N-dealkylation sites (tertiary alicyclic amines) is 1. The fourth-order valence-electron chi connectivity index (χ4n) is 2.18. The van der Waals surface area contributed by atoms with E-state index in [-0.39, 0.29) is 5.91 Å². The first-order valence-electron chi connectivity index (χ1n) is 5.72. The zero-order chi connectivity index (χ0) is 11.5. The van der Waals surface area contributed by atoms with Crippen LogP contribution in [0.2, 0.25) is 0 Å². The Bertz CT molecular complexity index is 391. The topological polar surface area (TPSA) is 20.3 Å². The first-order chi connectivity index (χ1) is 7.68. The number of carbonyl (C=O) groups is 1. The van der Waals surface area contributed by atoms with Crippen molar-refractivity contribution in [2.24, 2.45) is 5.92 Å². The van der Waals surface area contributed by atoms with E-state index in [2.05, 4.69) is 29.5 Å². The highest BCUT2D eigenvalue weighted by Gasteiger charge is 2.22. The van der Waals surface area contributed by atoms with Crippen LogP contribution in [0.5, 0.6) is 0 Å². The summed E-state index contributed by atoms with van der Waals surface area (Å²) in [7, 11) is 0. The lowest BCUT2D eigenvalue weighted by Crippen LogP contribution is -2.39. The Morgan fingerprint density at radius 3 is 2.88 bits per heavy atom. The molecule has 0 N–H and O–H groups in total. The van der Waals surface area contributed by atoms with E-state index in [1.165, 1.54) is 6.42 Å². The molecule has 16 heavy (non-hydrogen) atoms. The molecule has 1 amide bonds. The minimum absolute atomic E-state index is 0.191. The summed E-state index contributed by atoms with van der Waals surface area (Å²) in [6.07, 6.45) is 2.38. The minimum atomic E-state index is 0.191. The molecule has 0 aliphatic carbocycles. The van der Waals surface area contributed by atoms with Crippen LogP contribution in [0.3, 0.4) is 0 Å². The normalized spacial score (nSPS) is 20.9. The fraction of sp³-hybridized carbons (Fsp3) is 0.462. The summed E-state index contributed by atoms with van der Waals surface area (Å²) >= 11 is 2.23. The Hall–Kier alpha value is -0.580. The van der Waals surface area contributed by atoms with Crippen molar-refractivity contribution >= 4 is 28.5 Å². The van der Waals surface area contributed by atoms with E-state index in [0.717, 1.165) is 28.6 Å². The molecule has 1 atom stereocenters. The van der Waals surface area contributed by atoms with Crippen molar-refractivity contribution in [3.8, 4) is 0 Å². The van der Waals surface area contributed by atoms with Gasteiger partial charge in [0, 0.05) is 16.7 Å². The van der Waals surface area contributed by atoms with Gasteiger partial charge >= 0.3 is 0 Å². The molecular weight excluding hydrogens is 313 g/mol. The summed E-state index contributed by atoms with van der Waals surface area (Å²) < 4.78 is 1.04. The predicted octanol–water partition coefficient (Wildman–Crippen LogP) is 3.16. The van der Waals surface area contributed by atoms with Gasteiger partial charge in [0.15, 0.2) is 0 Å². The second-order valence-corrected chi connectivity index (χ2v) is 5.64. The largest absolute Gasteiger partial charge is 0.338 e. The van der Waals surface area contributed by atoms with E-state index >= 15 is 0 Å². The van der Waals surface area contributed by atoms with Crippen LogP contribution in [0.1, 0.15) is 30.1 Å². The maximum atomic E-state index is 12.3. The second-order valence-electron chi connectivity index (χ2n) is 4.48. The zero-order valence-electron chi connectivity index (χ0n) is 9.45. The quantitative estimate of drug-likeness (QED) is 0.725. The number of piperidine rings is 1. The van der Waals surface area contributed by atoms with Crippen LogP contribution in [-0.4, -0.2) is 23.9 Å². The lowest BCUT2D eigenvalue weighted by molar-refractivity contribution is 0.0682. The summed E-state index contributed by atoms with van der Waals surface area (Å²) in [5, 5.41) is 0. The van der Waals surface area contributed by atoms with Gasteiger partial charge in [-0.3, -0.25) is 4.79 Å². The molecule has 86 valence electrons. The van der Waals surface area contributed by atoms with Crippen molar-refractivity contribution in [3.63, 3.8) is 0 Å². The molecule has 1 heterocycles. The highest BCUT2D eigenvalue weighted by atomic mass is 127. The number of hydrogen-bond acceptors (Lipinski definition) is 1. The average Bonchev–Trinajstić information content (AvgIpc) is 2.29. The first kappa shape index (κ1) is 11.9. The van der Waals surface area contributed by atoms with E-state index in [1.807, 2.05) is 29.2 Å². The summed E-state index contributed by atoms with van der Waals surface area (Å²) in [6.45, 7) is 4.04. The molecule has 0 saturated carbocycles. The van der Waals surface area contributed by atoms with E-state index < -0.39 is 0 Å². The molecule has 0 spiro atoms. The van der Waals surface area contributed by atoms with Crippen LogP contribution in [0.15, 0.2) is 24.3 Å². The molecule has 1 aliphatic rings. The lowest BCUT2D eigenvalue weighted by atomic mass is 9.99. The first-order valence-corrected chi connectivity index (χ1v) is 6.80. The number of amides is 1. The van der Waals surface area contributed by atoms with E-state index in [9.17, 15) is 4.79 Å². The third kappa shape index (κ3) is 2.56. The molecule has 0 unspecified atom stereocenters. The van der Waals surface area contributed by atoms with Gasteiger partial charge in [-0.1, -0.05) is 19.1 Å². The van der Waals surface area contributed by atoms with Crippen molar-refractivity contribution in [2.75, 3.05) is 13.1 Å². The fourth-order valence-corrected chi connectivity index (χ4v) is 2.80. The summed E-state index contributed by atoms with van der Waals surface area (Å²) in [4.78, 5) is 14.3. The SMILES string of the molecule is C[C@@H]1CCCN(C(=O)c2ccccc2I)C1. The number of benzene rings is 1. The van der Waals surface area contributed by atoms with Gasteiger partial charge in [0.1, 0.15) is 0 Å². The average molecular weight is 329 g/mol. The maximum absolute atomic E-state index is 12.3. The van der Waals surface area contributed by atoms with Crippen molar-refractivity contribution in [1.82, 2.24) is 4.90 Å². The summed E-state index contributed by atoms with van der Waals surface area (Å²) in [5.41, 5.74) is 0.845. The second kappa shape index (κ2) is 5.17. The summed E-state index contributed by atoms with van der Waals surface area (Å²) in [5.74, 6) is 0.829. The Balaban J connectivity index is 2.16. The predicted molar refractivity (Wildman–Crippen MR) is 73.5 cm³/mol. The Labute approximate surface area is 110 Å². The zero-order valence-corrected chi connectivity index (χ0v) is 11.6. The van der Waals surface area contributed by atoms with Gasteiger partial charge in [-0.2, -0.15) is 0 Å². The Morgan fingerprint density at radius 1 is 1.44 bits per heavy atom. The monoisotopic (exact) mass is 329 g/mol. The molecule has 1 saturated heterocycles. The molecule has 1 aliphatic heterocycles. The van der Waals surface area contributed by atoms with Gasteiger partial charge < -0.3 is 4.90 Å². The molecular formula is C13H16INO. The third-order valence-electron chi connectivity index (χ3n) is 3.05. The van der Waals surface area contributed by atoms with Gasteiger partial charge in [-0.25, -0.2) is 0 Å². The molecule has 3 heteroatoms. The molecule has 0 bridgehead atoms. The highest BCUT2D eigenvalue weighted by Crippen LogP contribution is 2.20. The van der Waals surface area contributed by atoms with Gasteiger partial charge in [-0.05, 0) is 53.5 Å². The lowest BCUT2D eigenvalue weighted by Gasteiger charge is -2.31. The van der Waals surface area contributed by atoms with Crippen LogP contribution in [-0.2, 0) is 0 Å². The van der Waals surface area contributed by atoms with Crippen molar-refractivity contribution < 1.29 is 4.79 Å². The Morgan fingerprint density at radius 2 is 2.19 bits per heavy atom. The van der Waals surface area contributed by atoms with Gasteiger partial charge in [0.2, 0.25) is 0 Å². The Kier molecular flexibility index (Phi) is 3.84. The van der Waals surface area contributed by atoms with E-state index in [0.29, 0.717) is 5.92 Å². The van der Waals surface area contributed by atoms with Crippen LogP contribution >= 0.6 is 22.6 Å². The maximum Gasteiger partial charge on any atom is 0.254 e. The molecule has 0 aromatic heterocycles. The number of halogens is 1. The van der Waals surface area contributed by atoms with E-state index in [4.69, 9.17) is 0 Å². The molecule has 1 aromatic carbocycles. The number of nitrogens with zero attached hydrogens (tertiary/aromatic N) is 1. The van der Waals surface area contributed by atoms with Crippen molar-refractivity contribution in [1.29, 1.82) is 0 Å².